The van der Waals surface area contributed by atoms with Crippen LogP contribution in [0.15, 0.2) is 119 Å². The maximum absolute atomic E-state index is 14.2. The number of ketones is 2. The van der Waals surface area contributed by atoms with Gasteiger partial charge in [0.25, 0.3) is 0 Å². The lowest BCUT2D eigenvalue weighted by Crippen LogP contribution is -2.46. The van der Waals surface area contributed by atoms with E-state index in [0.717, 1.165) is 10.8 Å². The molecule has 4 aromatic rings. The van der Waals surface area contributed by atoms with Crippen molar-refractivity contribution in [1.29, 1.82) is 0 Å². The molecule has 0 aliphatic carbocycles. The van der Waals surface area contributed by atoms with Gasteiger partial charge in [0.05, 0.1) is 35.1 Å². The molecule has 0 saturated carbocycles. The van der Waals surface area contributed by atoms with Crippen LogP contribution >= 0.6 is 15.9 Å². The highest BCUT2D eigenvalue weighted by atomic mass is 79.9. The third kappa shape index (κ3) is 4.32. The van der Waals surface area contributed by atoms with Gasteiger partial charge in [-0.2, -0.15) is 0 Å². The Morgan fingerprint density at radius 1 is 0.791 bits per heavy atom. The van der Waals surface area contributed by atoms with E-state index in [-0.39, 0.29) is 17.5 Å². The number of hydrogen-bond acceptors (Lipinski definition) is 6. The molecule has 4 unspecified atom stereocenters. The first-order valence-electron chi connectivity index (χ1n) is 13.9. The van der Waals surface area contributed by atoms with Gasteiger partial charge in [-0.1, -0.05) is 66.7 Å². The van der Waals surface area contributed by atoms with Crippen LogP contribution in [-0.2, 0) is 9.59 Å². The number of imide groups is 1. The second kappa shape index (κ2) is 10.5. The van der Waals surface area contributed by atoms with E-state index in [1.54, 1.807) is 71.8 Å². The zero-order chi connectivity index (χ0) is 29.8. The zero-order valence-electron chi connectivity index (χ0n) is 23.0. The predicted molar refractivity (Wildman–Crippen MR) is 166 cm³/mol. The van der Waals surface area contributed by atoms with E-state index in [2.05, 4.69) is 15.9 Å². The SMILES string of the molecule is COc1ccc(C(=O)C2C3C(=O)N(c4ccc5ccccc5c4)C(=O)C3C3C=C(C(=O)c4ccccc4)C=CN32)cc1Br. The van der Waals surface area contributed by atoms with E-state index in [1.807, 2.05) is 42.5 Å². The highest BCUT2D eigenvalue weighted by Gasteiger charge is 2.63. The molecular formula is C35H25BrN2O5. The van der Waals surface area contributed by atoms with Crippen LogP contribution in [0.5, 0.6) is 5.75 Å². The third-order valence-electron chi connectivity index (χ3n) is 8.54. The quantitative estimate of drug-likeness (QED) is 0.192. The van der Waals surface area contributed by atoms with E-state index in [4.69, 9.17) is 4.74 Å². The molecule has 8 heteroatoms. The summed E-state index contributed by atoms with van der Waals surface area (Å²) in [4.78, 5) is 59.0. The summed E-state index contributed by atoms with van der Waals surface area (Å²) in [6.45, 7) is 0. The normalized spacial score (nSPS) is 22.4. The van der Waals surface area contributed by atoms with E-state index in [0.29, 0.717) is 32.6 Å². The van der Waals surface area contributed by atoms with Crippen molar-refractivity contribution in [1.82, 2.24) is 4.90 Å². The van der Waals surface area contributed by atoms with E-state index in [1.165, 1.54) is 12.0 Å². The Morgan fingerprint density at radius 2 is 1.51 bits per heavy atom. The first-order chi connectivity index (χ1) is 20.9. The maximum Gasteiger partial charge on any atom is 0.240 e. The number of nitrogens with zero attached hydrogens (tertiary/aromatic N) is 2. The highest BCUT2D eigenvalue weighted by molar-refractivity contribution is 9.10. The standard InChI is InChI=1S/C35H25BrN2O5/c1-43-28-14-12-23(18-26(28)36)33(40)31-30-29(27-19-24(15-16-37(27)31)32(39)21-8-3-2-4-9-21)34(41)38(35(30)42)25-13-11-20-7-5-6-10-22(20)17-25/h2-19,27,29-31H,1H3. The molecule has 3 aliphatic heterocycles. The molecule has 0 bridgehead atoms. The summed E-state index contributed by atoms with van der Waals surface area (Å²) in [6.07, 6.45) is 5.08. The monoisotopic (exact) mass is 632 g/mol. The molecular weight excluding hydrogens is 608 g/mol. The number of carbonyl (C=O) groups excluding carboxylic acids is 4. The smallest absolute Gasteiger partial charge is 0.240 e. The number of rotatable bonds is 6. The van der Waals surface area contributed by atoms with Gasteiger partial charge in [-0.15, -0.1) is 0 Å². The molecule has 0 N–H and O–H groups in total. The van der Waals surface area contributed by atoms with E-state index >= 15 is 0 Å². The predicted octanol–water partition coefficient (Wildman–Crippen LogP) is 5.99. The van der Waals surface area contributed by atoms with Crippen molar-refractivity contribution < 1.29 is 23.9 Å². The Kier molecular flexibility index (Phi) is 6.58. The largest absolute Gasteiger partial charge is 0.496 e. The number of Topliss-reactive ketones (excluding diaryl/α,β-unsaturated/α-hetero) is 2. The summed E-state index contributed by atoms with van der Waals surface area (Å²) in [7, 11) is 1.54. The lowest BCUT2D eigenvalue weighted by atomic mass is 9.85. The minimum absolute atomic E-state index is 0.190. The van der Waals surface area contributed by atoms with Crippen LogP contribution in [0, 0.1) is 11.8 Å². The van der Waals surface area contributed by atoms with Gasteiger partial charge in [-0.25, -0.2) is 4.90 Å². The summed E-state index contributed by atoms with van der Waals surface area (Å²) >= 11 is 3.46. The molecule has 212 valence electrons. The van der Waals surface area contributed by atoms with Crippen LogP contribution in [0.25, 0.3) is 10.8 Å². The maximum atomic E-state index is 14.2. The Morgan fingerprint density at radius 3 is 2.26 bits per heavy atom. The van der Waals surface area contributed by atoms with Crippen LogP contribution in [0.4, 0.5) is 5.69 Å². The van der Waals surface area contributed by atoms with Gasteiger partial charge < -0.3 is 9.64 Å². The fourth-order valence-electron chi connectivity index (χ4n) is 6.51. The average Bonchev–Trinajstić information content (AvgIpc) is 3.51. The number of carbonyl (C=O) groups is 4. The van der Waals surface area contributed by atoms with E-state index in [9.17, 15) is 19.2 Å². The summed E-state index contributed by atoms with van der Waals surface area (Å²) in [5.74, 6) is -2.52. The van der Waals surface area contributed by atoms with Crippen LogP contribution in [-0.4, -0.2) is 47.5 Å². The first-order valence-corrected chi connectivity index (χ1v) is 14.7. The van der Waals surface area contributed by atoms with Crippen molar-refractivity contribution in [3.8, 4) is 5.75 Å². The number of benzene rings is 4. The molecule has 4 atom stereocenters. The van der Waals surface area contributed by atoms with Crippen LogP contribution in [0.2, 0.25) is 0 Å². The average molecular weight is 633 g/mol. The number of allylic oxidation sites excluding steroid dienone is 2. The number of methoxy groups -OCH3 is 1. The van der Waals surface area contributed by atoms with Crippen molar-refractivity contribution >= 4 is 55.8 Å². The van der Waals surface area contributed by atoms with Crippen molar-refractivity contribution in [2.45, 2.75) is 12.1 Å². The molecule has 7 nitrogen and oxygen atoms in total. The van der Waals surface area contributed by atoms with Crippen LogP contribution in [0.1, 0.15) is 20.7 Å². The minimum atomic E-state index is -0.946. The third-order valence-corrected chi connectivity index (χ3v) is 9.16. The number of hydrogen-bond donors (Lipinski definition) is 0. The Balaban J connectivity index is 1.32. The molecule has 3 heterocycles. The summed E-state index contributed by atoms with van der Waals surface area (Å²) in [5.41, 5.74) is 1.77. The highest BCUT2D eigenvalue weighted by Crippen LogP contribution is 2.47. The molecule has 0 aromatic heterocycles. The Hall–Kier alpha value is -4.82. The molecule has 43 heavy (non-hydrogen) atoms. The summed E-state index contributed by atoms with van der Waals surface area (Å²) in [5, 5.41) is 1.88. The zero-order valence-corrected chi connectivity index (χ0v) is 24.6. The van der Waals surface area contributed by atoms with Gasteiger partial charge in [0.15, 0.2) is 11.6 Å². The second-order valence-electron chi connectivity index (χ2n) is 10.8. The molecule has 4 aromatic carbocycles. The van der Waals surface area contributed by atoms with Crippen LogP contribution in [0.3, 0.4) is 0 Å². The van der Waals surface area contributed by atoms with E-state index < -0.39 is 29.8 Å². The molecule has 7 rings (SSSR count). The van der Waals surface area contributed by atoms with Crippen molar-refractivity contribution in [2.75, 3.05) is 12.0 Å². The first kappa shape index (κ1) is 27.0. The molecule has 2 saturated heterocycles. The van der Waals surface area contributed by atoms with Gasteiger partial charge in [0.2, 0.25) is 11.8 Å². The Labute approximate surface area is 256 Å². The number of anilines is 1. The minimum Gasteiger partial charge on any atom is -0.496 e. The fraction of sp³-hybridized carbons (Fsp3) is 0.143. The lowest BCUT2D eigenvalue weighted by Gasteiger charge is -2.33. The van der Waals surface area contributed by atoms with Crippen LogP contribution < -0.4 is 9.64 Å². The van der Waals surface area contributed by atoms with Crippen molar-refractivity contribution in [2.24, 2.45) is 11.8 Å². The molecule has 2 fully saturated rings. The van der Waals surface area contributed by atoms with Gasteiger partial charge in [-0.3, -0.25) is 19.2 Å². The summed E-state index contributed by atoms with van der Waals surface area (Å²) in [6, 6.07) is 25.5. The van der Waals surface area contributed by atoms with Crippen molar-refractivity contribution in [3.63, 3.8) is 0 Å². The number of halogens is 1. The number of fused-ring (bicyclic) bond motifs is 4. The van der Waals surface area contributed by atoms with Gasteiger partial charge in [-0.05, 0) is 63.1 Å². The summed E-state index contributed by atoms with van der Waals surface area (Å²) < 4.78 is 5.93. The molecule has 2 amide bonds. The topological polar surface area (TPSA) is 84.0 Å². The van der Waals surface area contributed by atoms with Gasteiger partial charge in [0, 0.05) is 22.9 Å². The van der Waals surface area contributed by atoms with Gasteiger partial charge >= 0.3 is 0 Å². The lowest BCUT2D eigenvalue weighted by molar-refractivity contribution is -0.123. The van der Waals surface area contributed by atoms with Crippen molar-refractivity contribution in [3.05, 3.63) is 131 Å². The molecule has 3 aliphatic rings. The molecule has 0 radical (unpaired) electrons. The Bertz CT molecular complexity index is 1900. The second-order valence-corrected chi connectivity index (χ2v) is 11.7. The molecule has 0 spiro atoms. The van der Waals surface area contributed by atoms with Gasteiger partial charge in [0.1, 0.15) is 11.8 Å². The number of ether oxygens (including phenoxy) is 1. The fourth-order valence-corrected chi connectivity index (χ4v) is 7.06. The number of amides is 2.